The number of rotatable bonds is 5. The molecule has 8 heteroatoms. The summed E-state index contributed by atoms with van der Waals surface area (Å²) in [5.74, 6) is 0.00390. The first-order valence-corrected chi connectivity index (χ1v) is 8.93. The first-order valence-electron chi connectivity index (χ1n) is 7.57. The summed E-state index contributed by atoms with van der Waals surface area (Å²) in [4.78, 5) is 12.1. The van der Waals surface area contributed by atoms with E-state index in [0.29, 0.717) is 15.9 Å². The average Bonchev–Trinajstić information content (AvgIpc) is 3.03. The number of thioether (sulfide) groups is 1. The Morgan fingerprint density at radius 2 is 1.92 bits per heavy atom. The molecule has 0 radical (unpaired) electrons. The van der Waals surface area contributed by atoms with Crippen LogP contribution in [0.25, 0.3) is 5.69 Å². The minimum absolute atomic E-state index is 0.173. The molecule has 3 aromatic rings. The smallest absolute Gasteiger partial charge is 0.234 e. The standard InChI is InChI=1S/C17H16ClN5OS/c1-11-7-12(2)9-13(8-11)23-17(20-21-22-23)25-10-16(24)19-15-6-4-3-5-14(15)18/h3-9H,10H2,1-2H3,(H,19,24). The minimum Gasteiger partial charge on any atom is -0.324 e. The van der Waals surface area contributed by atoms with Crippen LogP contribution >= 0.6 is 23.4 Å². The SMILES string of the molecule is Cc1cc(C)cc(-n2nnnc2SCC(=O)Nc2ccccc2Cl)c1. The Balaban J connectivity index is 1.69. The van der Waals surface area contributed by atoms with Crippen molar-refractivity contribution in [2.45, 2.75) is 19.0 Å². The van der Waals surface area contributed by atoms with Crippen LogP contribution < -0.4 is 5.32 Å². The molecule has 0 spiro atoms. The minimum atomic E-state index is -0.173. The lowest BCUT2D eigenvalue weighted by atomic mass is 10.1. The maximum absolute atomic E-state index is 12.1. The summed E-state index contributed by atoms with van der Waals surface area (Å²) in [5.41, 5.74) is 3.70. The van der Waals surface area contributed by atoms with Crippen molar-refractivity contribution in [1.29, 1.82) is 0 Å². The lowest BCUT2D eigenvalue weighted by molar-refractivity contribution is -0.113. The fraction of sp³-hybridized carbons (Fsp3) is 0.176. The molecule has 0 fully saturated rings. The molecule has 1 aromatic heterocycles. The van der Waals surface area contributed by atoms with Gasteiger partial charge in [0, 0.05) is 0 Å². The molecule has 1 N–H and O–H groups in total. The van der Waals surface area contributed by atoms with Crippen molar-refractivity contribution < 1.29 is 4.79 Å². The Morgan fingerprint density at radius 3 is 2.64 bits per heavy atom. The summed E-state index contributed by atoms with van der Waals surface area (Å²) in [6.45, 7) is 4.04. The van der Waals surface area contributed by atoms with Crippen molar-refractivity contribution in [3.63, 3.8) is 0 Å². The van der Waals surface area contributed by atoms with Crippen molar-refractivity contribution in [3.05, 3.63) is 58.6 Å². The molecule has 0 bridgehead atoms. The van der Waals surface area contributed by atoms with Crippen molar-refractivity contribution in [2.24, 2.45) is 0 Å². The van der Waals surface area contributed by atoms with Gasteiger partial charge in [-0.3, -0.25) is 4.79 Å². The molecular formula is C17H16ClN5OS. The second-order valence-corrected chi connectivity index (χ2v) is 6.89. The van der Waals surface area contributed by atoms with Crippen LogP contribution in [0.3, 0.4) is 0 Å². The number of carbonyl (C=O) groups excluding carboxylic acids is 1. The molecule has 0 aliphatic rings. The number of benzene rings is 2. The zero-order valence-electron chi connectivity index (χ0n) is 13.7. The molecule has 0 aliphatic heterocycles. The highest BCUT2D eigenvalue weighted by Gasteiger charge is 2.13. The quantitative estimate of drug-likeness (QED) is 0.691. The predicted molar refractivity (Wildman–Crippen MR) is 99.4 cm³/mol. The summed E-state index contributed by atoms with van der Waals surface area (Å²) in [6, 6.07) is 13.2. The lowest BCUT2D eigenvalue weighted by Gasteiger charge is -2.08. The van der Waals surface area contributed by atoms with Crippen LogP contribution in [0.4, 0.5) is 5.69 Å². The van der Waals surface area contributed by atoms with Crippen molar-refractivity contribution in [1.82, 2.24) is 20.2 Å². The van der Waals surface area contributed by atoms with Crippen LogP contribution in [0.15, 0.2) is 47.6 Å². The number of aromatic nitrogens is 4. The monoisotopic (exact) mass is 373 g/mol. The number of nitrogens with one attached hydrogen (secondary N) is 1. The second-order valence-electron chi connectivity index (χ2n) is 5.54. The highest BCUT2D eigenvalue weighted by atomic mass is 35.5. The number of carbonyl (C=O) groups is 1. The average molecular weight is 374 g/mol. The predicted octanol–water partition coefficient (Wildman–Crippen LogP) is 3.66. The number of tetrazole rings is 1. The molecule has 128 valence electrons. The Kier molecular flexibility index (Phi) is 5.35. The summed E-state index contributed by atoms with van der Waals surface area (Å²) in [7, 11) is 0. The van der Waals surface area contributed by atoms with E-state index in [4.69, 9.17) is 11.6 Å². The number of amides is 1. The number of hydrogen-bond donors (Lipinski definition) is 1. The summed E-state index contributed by atoms with van der Waals surface area (Å²) in [5, 5.41) is 15.6. The van der Waals surface area contributed by atoms with Gasteiger partial charge >= 0.3 is 0 Å². The van der Waals surface area contributed by atoms with Crippen molar-refractivity contribution in [3.8, 4) is 5.69 Å². The van der Waals surface area contributed by atoms with E-state index in [9.17, 15) is 4.79 Å². The molecule has 1 amide bonds. The Morgan fingerprint density at radius 1 is 1.20 bits per heavy atom. The van der Waals surface area contributed by atoms with Gasteiger partial charge in [-0.05, 0) is 59.7 Å². The van der Waals surface area contributed by atoms with Crippen molar-refractivity contribution in [2.75, 3.05) is 11.1 Å². The Hall–Kier alpha value is -2.38. The van der Waals surface area contributed by atoms with E-state index in [-0.39, 0.29) is 11.7 Å². The third-order valence-electron chi connectivity index (χ3n) is 3.37. The van der Waals surface area contributed by atoms with Gasteiger partial charge in [0.15, 0.2) is 0 Å². The fourth-order valence-corrected chi connectivity index (χ4v) is 3.26. The summed E-state index contributed by atoms with van der Waals surface area (Å²) < 4.78 is 1.63. The Labute approximate surface area is 154 Å². The number of halogens is 1. The third kappa shape index (κ3) is 4.37. The maximum Gasteiger partial charge on any atom is 0.234 e. The lowest BCUT2D eigenvalue weighted by Crippen LogP contribution is -2.15. The van der Waals surface area contributed by atoms with E-state index >= 15 is 0 Å². The second kappa shape index (κ2) is 7.67. The highest BCUT2D eigenvalue weighted by Crippen LogP contribution is 2.23. The van der Waals surface area contributed by atoms with Crippen LogP contribution in [0.2, 0.25) is 5.02 Å². The topological polar surface area (TPSA) is 72.7 Å². The number of hydrogen-bond acceptors (Lipinski definition) is 5. The summed E-state index contributed by atoms with van der Waals surface area (Å²) in [6.07, 6.45) is 0. The molecule has 0 unspecified atom stereocenters. The van der Waals surface area contributed by atoms with Gasteiger partial charge in [-0.25, -0.2) is 0 Å². The highest BCUT2D eigenvalue weighted by molar-refractivity contribution is 7.99. The van der Waals surface area contributed by atoms with E-state index < -0.39 is 0 Å². The largest absolute Gasteiger partial charge is 0.324 e. The van der Waals surface area contributed by atoms with Gasteiger partial charge in [0.1, 0.15) is 0 Å². The molecular weight excluding hydrogens is 358 g/mol. The summed E-state index contributed by atoms with van der Waals surface area (Å²) >= 11 is 7.31. The van der Waals surface area contributed by atoms with Gasteiger partial charge in [0.25, 0.3) is 0 Å². The van der Waals surface area contributed by atoms with Crippen LogP contribution in [0.5, 0.6) is 0 Å². The van der Waals surface area contributed by atoms with E-state index in [2.05, 4.69) is 26.9 Å². The van der Waals surface area contributed by atoms with Gasteiger partial charge in [-0.2, -0.15) is 4.68 Å². The van der Waals surface area contributed by atoms with Gasteiger partial charge in [0.05, 0.1) is 22.2 Å². The first kappa shape index (κ1) is 17.4. The molecule has 0 aliphatic carbocycles. The molecule has 2 aromatic carbocycles. The first-order chi connectivity index (χ1) is 12.0. The van der Waals surface area contributed by atoms with Crippen LogP contribution in [-0.4, -0.2) is 31.9 Å². The molecule has 6 nitrogen and oxygen atoms in total. The number of anilines is 1. The molecule has 0 atom stereocenters. The van der Waals surface area contributed by atoms with E-state index in [1.54, 1.807) is 16.8 Å². The van der Waals surface area contributed by atoms with E-state index in [1.807, 2.05) is 38.1 Å². The van der Waals surface area contributed by atoms with Gasteiger partial charge in [0.2, 0.25) is 11.1 Å². The number of nitrogens with zero attached hydrogens (tertiary/aromatic N) is 4. The van der Waals surface area contributed by atoms with Crippen molar-refractivity contribution >= 4 is 35.0 Å². The molecule has 0 saturated heterocycles. The van der Waals surface area contributed by atoms with E-state index in [0.717, 1.165) is 16.8 Å². The Bertz CT molecular complexity index is 891. The molecule has 25 heavy (non-hydrogen) atoms. The number of aryl methyl sites for hydroxylation is 2. The zero-order valence-corrected chi connectivity index (χ0v) is 15.3. The molecule has 3 rings (SSSR count). The number of para-hydroxylation sites is 1. The van der Waals surface area contributed by atoms with Gasteiger partial charge < -0.3 is 5.32 Å². The molecule has 0 saturated carbocycles. The normalized spacial score (nSPS) is 10.7. The fourth-order valence-electron chi connectivity index (χ4n) is 2.38. The van der Waals surface area contributed by atoms with Crippen LogP contribution in [0, 0.1) is 13.8 Å². The third-order valence-corrected chi connectivity index (χ3v) is 4.62. The van der Waals surface area contributed by atoms with Crippen LogP contribution in [0.1, 0.15) is 11.1 Å². The maximum atomic E-state index is 12.1. The van der Waals surface area contributed by atoms with Gasteiger partial charge in [-0.1, -0.05) is 41.6 Å². The van der Waals surface area contributed by atoms with Gasteiger partial charge in [-0.15, -0.1) is 5.10 Å². The zero-order chi connectivity index (χ0) is 17.8. The molecule has 1 heterocycles. The van der Waals surface area contributed by atoms with E-state index in [1.165, 1.54) is 11.8 Å². The van der Waals surface area contributed by atoms with Crippen LogP contribution in [-0.2, 0) is 4.79 Å².